The fourth-order valence-corrected chi connectivity index (χ4v) is 3.75. The number of rotatable bonds is 7. The lowest BCUT2D eigenvalue weighted by Crippen LogP contribution is -2.17. The number of aryl methyl sites for hydroxylation is 3. The van der Waals surface area contributed by atoms with Crippen molar-refractivity contribution in [2.24, 2.45) is 0 Å². The third-order valence-electron chi connectivity index (χ3n) is 3.55. The van der Waals surface area contributed by atoms with Crippen LogP contribution >= 0.6 is 23.5 Å². The number of hydrogen-bond acceptors (Lipinski definition) is 6. The Kier molecular flexibility index (Phi) is 7.30. The summed E-state index contributed by atoms with van der Waals surface area (Å²) in [5.74, 6) is -0.0306. The molecule has 0 aliphatic heterocycles. The maximum absolute atomic E-state index is 12.3. The average Bonchev–Trinajstić information content (AvgIpc) is 2.56. The van der Waals surface area contributed by atoms with E-state index in [1.54, 1.807) is 0 Å². The molecule has 0 saturated carbocycles. The van der Waals surface area contributed by atoms with Gasteiger partial charge >= 0.3 is 0 Å². The van der Waals surface area contributed by atoms with Crippen molar-refractivity contribution in [3.63, 3.8) is 0 Å². The number of nitriles is 1. The Hall–Kier alpha value is -2.24. The fraction of sp³-hybridized carbons (Fsp3) is 0.333. The summed E-state index contributed by atoms with van der Waals surface area (Å²) >= 11 is 2.29. The van der Waals surface area contributed by atoms with Gasteiger partial charge in [-0.05, 0) is 55.3 Å². The number of aromatic nitrogens is 2. The first-order chi connectivity index (χ1) is 12.4. The third kappa shape index (κ3) is 5.64. The largest absolute Gasteiger partial charge is 0.325 e. The zero-order valence-corrected chi connectivity index (χ0v) is 16.5. The van der Waals surface area contributed by atoms with Crippen LogP contribution in [-0.2, 0) is 11.2 Å². The molecule has 0 radical (unpaired) electrons. The second-order valence-electron chi connectivity index (χ2n) is 5.75. The van der Waals surface area contributed by atoms with Gasteiger partial charge in [0.1, 0.15) is 5.40 Å². The number of anilines is 1. The molecular weight excluding hydrogens is 368 g/mol. The molecule has 0 fully saturated rings. The third-order valence-corrected chi connectivity index (χ3v) is 4.99. The van der Waals surface area contributed by atoms with Crippen molar-refractivity contribution in [2.75, 3.05) is 11.1 Å². The molecule has 1 amide bonds. The van der Waals surface area contributed by atoms with Gasteiger partial charge in [0, 0.05) is 22.3 Å². The van der Waals surface area contributed by atoms with E-state index in [4.69, 9.17) is 5.26 Å². The molecule has 2 rings (SSSR count). The van der Waals surface area contributed by atoms with Crippen LogP contribution in [0.2, 0.25) is 0 Å². The monoisotopic (exact) mass is 388 g/mol. The Morgan fingerprint density at radius 1 is 1.31 bits per heavy atom. The summed E-state index contributed by atoms with van der Waals surface area (Å²) in [6.07, 6.45) is 1.63. The van der Waals surface area contributed by atoms with Crippen molar-refractivity contribution >= 4 is 35.1 Å². The van der Waals surface area contributed by atoms with Gasteiger partial charge in [0.15, 0.2) is 5.16 Å². The van der Waals surface area contributed by atoms with Crippen molar-refractivity contribution < 1.29 is 4.79 Å². The van der Waals surface area contributed by atoms with E-state index in [9.17, 15) is 9.59 Å². The Morgan fingerprint density at radius 2 is 2.00 bits per heavy atom. The SMILES string of the molecule is CCCc1cc(=O)[nH]c(SCC(=O)Nc2c(C)cc(SC#N)cc2C)n1. The van der Waals surface area contributed by atoms with E-state index in [0.717, 1.165) is 52.0 Å². The lowest BCUT2D eigenvalue weighted by Gasteiger charge is -2.12. The standard InChI is InChI=1S/C18H20N4O2S2/c1-4-5-13-8-15(23)22-18(20-13)25-9-16(24)21-17-11(2)6-14(26-10-19)7-12(17)3/h6-8H,4-5,9H2,1-3H3,(H,21,24)(H,20,22,23). The van der Waals surface area contributed by atoms with Crippen molar-refractivity contribution in [3.8, 4) is 5.40 Å². The van der Waals surface area contributed by atoms with Gasteiger partial charge in [-0.1, -0.05) is 25.1 Å². The Balaban J connectivity index is 2.04. The molecule has 1 aromatic carbocycles. The maximum Gasteiger partial charge on any atom is 0.251 e. The van der Waals surface area contributed by atoms with Gasteiger partial charge in [-0.3, -0.25) is 9.59 Å². The smallest absolute Gasteiger partial charge is 0.251 e. The first kappa shape index (κ1) is 20.1. The number of H-pyrrole nitrogens is 1. The average molecular weight is 389 g/mol. The highest BCUT2D eigenvalue weighted by atomic mass is 32.2. The molecule has 2 aromatic rings. The molecule has 0 aliphatic rings. The first-order valence-electron chi connectivity index (χ1n) is 8.13. The summed E-state index contributed by atoms with van der Waals surface area (Å²) in [6, 6.07) is 5.23. The van der Waals surface area contributed by atoms with Gasteiger partial charge in [-0.2, -0.15) is 5.26 Å². The number of nitrogens with one attached hydrogen (secondary N) is 2. The van der Waals surface area contributed by atoms with Crippen LogP contribution in [0, 0.1) is 24.5 Å². The van der Waals surface area contributed by atoms with Crippen LogP contribution in [0.25, 0.3) is 0 Å². The molecule has 136 valence electrons. The summed E-state index contributed by atoms with van der Waals surface area (Å²) in [5.41, 5.74) is 3.08. The van der Waals surface area contributed by atoms with E-state index >= 15 is 0 Å². The van der Waals surface area contributed by atoms with E-state index in [0.29, 0.717) is 5.16 Å². The first-order valence-corrected chi connectivity index (χ1v) is 9.93. The molecule has 1 aromatic heterocycles. The number of thiocyanates is 1. The molecule has 1 heterocycles. The normalized spacial score (nSPS) is 10.4. The topological polar surface area (TPSA) is 98.6 Å². The van der Waals surface area contributed by atoms with Crippen molar-refractivity contribution in [1.82, 2.24) is 9.97 Å². The number of hydrogen-bond donors (Lipinski definition) is 2. The molecular formula is C18H20N4O2S2. The summed E-state index contributed by atoms with van der Waals surface area (Å²) in [7, 11) is 0. The van der Waals surface area contributed by atoms with E-state index in [1.165, 1.54) is 17.8 Å². The van der Waals surface area contributed by atoms with Gasteiger partial charge < -0.3 is 10.3 Å². The van der Waals surface area contributed by atoms with Crippen LogP contribution in [0.5, 0.6) is 0 Å². The van der Waals surface area contributed by atoms with Gasteiger partial charge in [0.2, 0.25) is 5.91 Å². The van der Waals surface area contributed by atoms with E-state index in [1.807, 2.05) is 38.3 Å². The zero-order chi connectivity index (χ0) is 19.1. The molecule has 0 unspecified atom stereocenters. The second kappa shape index (κ2) is 9.46. The molecule has 26 heavy (non-hydrogen) atoms. The molecule has 8 heteroatoms. The highest BCUT2D eigenvalue weighted by Crippen LogP contribution is 2.27. The highest BCUT2D eigenvalue weighted by Gasteiger charge is 2.11. The molecule has 0 aliphatic carbocycles. The van der Waals surface area contributed by atoms with Crippen LogP contribution in [-0.4, -0.2) is 21.6 Å². The summed E-state index contributed by atoms with van der Waals surface area (Å²) < 4.78 is 0. The van der Waals surface area contributed by atoms with Gasteiger partial charge in [-0.15, -0.1) is 0 Å². The molecule has 0 saturated heterocycles. The van der Waals surface area contributed by atoms with E-state index < -0.39 is 0 Å². The molecule has 6 nitrogen and oxygen atoms in total. The lowest BCUT2D eigenvalue weighted by atomic mass is 10.1. The number of benzene rings is 1. The maximum atomic E-state index is 12.3. The lowest BCUT2D eigenvalue weighted by molar-refractivity contribution is -0.113. The predicted molar refractivity (Wildman–Crippen MR) is 106 cm³/mol. The number of carbonyl (C=O) groups is 1. The molecule has 0 atom stereocenters. The highest BCUT2D eigenvalue weighted by molar-refractivity contribution is 8.03. The number of amides is 1. The Morgan fingerprint density at radius 3 is 2.62 bits per heavy atom. The van der Waals surface area contributed by atoms with Crippen LogP contribution in [0.15, 0.2) is 33.0 Å². The van der Waals surface area contributed by atoms with Crippen LogP contribution < -0.4 is 10.9 Å². The minimum Gasteiger partial charge on any atom is -0.325 e. The van der Waals surface area contributed by atoms with E-state index in [-0.39, 0.29) is 17.2 Å². The van der Waals surface area contributed by atoms with Crippen LogP contribution in [0.1, 0.15) is 30.2 Å². The predicted octanol–water partition coefficient (Wildman–Crippen LogP) is 3.64. The van der Waals surface area contributed by atoms with Crippen LogP contribution in [0.3, 0.4) is 0 Å². The number of thioether (sulfide) groups is 2. The molecule has 0 bridgehead atoms. The molecule has 2 N–H and O–H groups in total. The van der Waals surface area contributed by atoms with Gasteiger partial charge in [0.05, 0.1) is 5.75 Å². The Labute approximate surface area is 160 Å². The van der Waals surface area contributed by atoms with Gasteiger partial charge in [0.25, 0.3) is 5.56 Å². The fourth-order valence-electron chi connectivity index (χ4n) is 2.48. The van der Waals surface area contributed by atoms with Crippen molar-refractivity contribution in [3.05, 3.63) is 45.4 Å². The quantitative estimate of drug-likeness (QED) is 0.427. The second-order valence-corrected chi connectivity index (χ2v) is 7.58. The van der Waals surface area contributed by atoms with Crippen molar-refractivity contribution in [1.29, 1.82) is 5.26 Å². The summed E-state index contributed by atoms with van der Waals surface area (Å²) in [5, 5.41) is 14.2. The van der Waals surface area contributed by atoms with Crippen LogP contribution in [0.4, 0.5) is 5.69 Å². The number of aromatic amines is 1. The number of nitrogens with zero attached hydrogens (tertiary/aromatic N) is 2. The zero-order valence-electron chi connectivity index (χ0n) is 14.9. The molecule has 0 spiro atoms. The summed E-state index contributed by atoms with van der Waals surface area (Å²) in [6.45, 7) is 5.81. The van der Waals surface area contributed by atoms with E-state index in [2.05, 4.69) is 15.3 Å². The van der Waals surface area contributed by atoms with Gasteiger partial charge in [-0.25, -0.2) is 4.98 Å². The minimum atomic E-state index is -0.205. The minimum absolute atomic E-state index is 0.145. The Bertz CT molecular complexity index is 880. The summed E-state index contributed by atoms with van der Waals surface area (Å²) in [4.78, 5) is 31.8. The van der Waals surface area contributed by atoms with Crippen molar-refractivity contribution in [2.45, 2.75) is 43.7 Å². The number of carbonyl (C=O) groups excluding carboxylic acids is 1.